The molecule has 1 aromatic rings. The van der Waals surface area contributed by atoms with Gasteiger partial charge in [-0.25, -0.2) is 4.79 Å². The Kier molecular flexibility index (Phi) is 4.48. The lowest BCUT2D eigenvalue weighted by atomic mass is 10.2. The zero-order chi connectivity index (χ0) is 12.3. The molecule has 0 aliphatic heterocycles. The molecule has 0 aromatic heterocycles. The van der Waals surface area contributed by atoms with E-state index < -0.39 is 28.7 Å². The van der Waals surface area contributed by atoms with Gasteiger partial charge < -0.3 is 14.2 Å². The van der Waals surface area contributed by atoms with Crippen LogP contribution in [0.3, 0.4) is 0 Å². The normalized spacial score (nSPS) is 14.2. The number of para-hydroxylation sites is 1. The fourth-order valence-corrected chi connectivity index (χ4v) is 3.29. The molecule has 2 atom stereocenters. The Hall–Kier alpha value is -0.890. The fraction of sp³-hybridized carbons (Fsp3) is 0.222. The molecule has 5 nitrogen and oxygen atoms in total. The Labute approximate surface area is 99.7 Å². The van der Waals surface area contributed by atoms with E-state index in [1.54, 1.807) is 12.1 Å². The van der Waals surface area contributed by atoms with Crippen molar-refractivity contribution in [2.75, 3.05) is 16.2 Å². The molecular formula is C9H11NO4S2. The van der Waals surface area contributed by atoms with Gasteiger partial charge >= 0.3 is 5.97 Å². The maximum absolute atomic E-state index is 11.4. The van der Waals surface area contributed by atoms with Crippen LogP contribution in [0.1, 0.15) is 10.4 Å². The van der Waals surface area contributed by atoms with Gasteiger partial charge in [0.1, 0.15) is 35.2 Å². The quantitative estimate of drug-likeness (QED) is 0.809. The van der Waals surface area contributed by atoms with Crippen molar-refractivity contribution in [2.24, 2.45) is 0 Å². The molecule has 1 aromatic carbocycles. The van der Waals surface area contributed by atoms with Crippen molar-refractivity contribution < 1.29 is 19.0 Å². The lowest BCUT2D eigenvalue weighted by Crippen LogP contribution is -2.36. The second-order valence-electron chi connectivity index (χ2n) is 2.93. The monoisotopic (exact) mass is 261 g/mol. The van der Waals surface area contributed by atoms with Gasteiger partial charge in [0.15, 0.2) is 5.69 Å². The number of aromatic carboxylic acids is 1. The third kappa shape index (κ3) is 2.82. The molecule has 16 heavy (non-hydrogen) atoms. The summed E-state index contributed by atoms with van der Waals surface area (Å²) in [6.45, 7) is 0. The minimum absolute atomic E-state index is 0.0205. The van der Waals surface area contributed by atoms with Crippen LogP contribution in [0.5, 0.6) is 0 Å². The summed E-state index contributed by atoms with van der Waals surface area (Å²) in [7, 11) is 0. The molecule has 0 saturated carbocycles. The highest BCUT2D eigenvalue weighted by molar-refractivity contribution is 8.09. The van der Waals surface area contributed by atoms with Gasteiger partial charge in [0.05, 0.1) is 5.56 Å². The van der Waals surface area contributed by atoms with Gasteiger partial charge in [0, 0.05) is 0 Å². The van der Waals surface area contributed by atoms with Gasteiger partial charge in [-0.1, -0.05) is 12.1 Å². The predicted molar refractivity (Wildman–Crippen MR) is 64.0 cm³/mol. The molecule has 2 unspecified atom stereocenters. The van der Waals surface area contributed by atoms with E-state index in [1.165, 1.54) is 24.6 Å². The average molecular weight is 261 g/mol. The van der Waals surface area contributed by atoms with Crippen molar-refractivity contribution in [3.8, 4) is 0 Å². The van der Waals surface area contributed by atoms with E-state index in [2.05, 4.69) is 0 Å². The first kappa shape index (κ1) is 13.2. The lowest BCUT2D eigenvalue weighted by molar-refractivity contribution is 0.0698. The van der Waals surface area contributed by atoms with Crippen molar-refractivity contribution >= 4 is 34.4 Å². The van der Waals surface area contributed by atoms with Gasteiger partial charge in [-0.05, 0) is 15.8 Å². The van der Waals surface area contributed by atoms with Crippen LogP contribution in [0.4, 0.5) is 5.69 Å². The van der Waals surface area contributed by atoms with Crippen LogP contribution in [0.15, 0.2) is 24.3 Å². The number of carboxylic acids is 1. The van der Waals surface area contributed by atoms with Crippen molar-refractivity contribution in [1.29, 1.82) is 0 Å². The van der Waals surface area contributed by atoms with Gasteiger partial charge in [0.25, 0.3) is 0 Å². The Morgan fingerprint density at radius 1 is 1.25 bits per heavy atom. The van der Waals surface area contributed by atoms with Crippen molar-refractivity contribution in [1.82, 2.24) is 0 Å². The molecule has 0 aliphatic carbocycles. The molecule has 0 amide bonds. The topological polar surface area (TPSA) is 86.7 Å². The highest BCUT2D eigenvalue weighted by Crippen LogP contribution is 2.25. The molecule has 0 spiro atoms. The van der Waals surface area contributed by atoms with Crippen LogP contribution in [-0.2, 0) is 22.7 Å². The third-order valence-electron chi connectivity index (χ3n) is 1.80. The summed E-state index contributed by atoms with van der Waals surface area (Å²) in [4.78, 5) is 10.9. The molecule has 0 radical (unpaired) electrons. The standard InChI is InChI=1S/C9H11NO4S2/c1-15(13)10(16(2)14)8-6-4-3-5-7(8)9(11)12/h3-6H,1-2H3,(H,11,12). The Bertz CT molecular complexity index is 376. The number of nitrogens with zero attached hydrogens (tertiary/aromatic N) is 1. The Morgan fingerprint density at radius 3 is 2.19 bits per heavy atom. The number of hydrogen-bond donors (Lipinski definition) is 1. The average Bonchev–Trinajstić information content (AvgIpc) is 2.17. The number of carbonyl (C=O) groups is 1. The van der Waals surface area contributed by atoms with Crippen LogP contribution in [-0.4, -0.2) is 32.7 Å². The van der Waals surface area contributed by atoms with Crippen molar-refractivity contribution in [2.45, 2.75) is 0 Å². The second kappa shape index (κ2) is 5.44. The smallest absolute Gasteiger partial charge is 0.338 e. The van der Waals surface area contributed by atoms with E-state index in [9.17, 15) is 13.9 Å². The third-order valence-corrected chi connectivity index (χ3v) is 4.39. The first-order valence-electron chi connectivity index (χ1n) is 4.24. The number of hydrogen-bond acceptors (Lipinski definition) is 4. The summed E-state index contributed by atoms with van der Waals surface area (Å²) in [5.41, 5.74) is 0.171. The van der Waals surface area contributed by atoms with Crippen molar-refractivity contribution in [3.05, 3.63) is 29.8 Å². The summed E-state index contributed by atoms with van der Waals surface area (Å²) in [5.74, 6) is -1.14. The van der Waals surface area contributed by atoms with Crippen LogP contribution in [0.25, 0.3) is 0 Å². The second-order valence-corrected chi connectivity index (χ2v) is 5.58. The van der Waals surface area contributed by atoms with E-state index in [0.717, 1.165) is 3.71 Å². The SMILES string of the molecule is C[S+]([O-])N(c1ccccc1C(=O)O)[S+](C)[O-]. The molecule has 7 heteroatoms. The molecule has 0 heterocycles. The highest BCUT2D eigenvalue weighted by atomic mass is 32.3. The number of anilines is 1. The first-order valence-corrected chi connectivity index (χ1v) is 7.27. The van der Waals surface area contributed by atoms with Crippen LogP contribution in [0, 0.1) is 0 Å². The van der Waals surface area contributed by atoms with Gasteiger partial charge in [-0.2, -0.15) is 0 Å². The molecule has 0 fully saturated rings. The van der Waals surface area contributed by atoms with Crippen molar-refractivity contribution in [3.63, 3.8) is 0 Å². The minimum Gasteiger partial charge on any atom is -0.590 e. The van der Waals surface area contributed by atoms with E-state index in [0.29, 0.717) is 0 Å². The highest BCUT2D eigenvalue weighted by Gasteiger charge is 2.30. The largest absolute Gasteiger partial charge is 0.590 e. The molecule has 0 saturated heterocycles. The summed E-state index contributed by atoms with van der Waals surface area (Å²) in [6, 6.07) is 6.02. The fourth-order valence-electron chi connectivity index (χ4n) is 1.24. The van der Waals surface area contributed by atoms with E-state index in [1.807, 2.05) is 0 Å². The molecule has 1 rings (SSSR count). The zero-order valence-electron chi connectivity index (χ0n) is 8.75. The number of rotatable bonds is 4. The molecule has 0 aliphatic rings. The summed E-state index contributed by atoms with van der Waals surface area (Å²) in [5, 5.41) is 8.95. The Balaban J connectivity index is 3.23. The first-order chi connectivity index (χ1) is 7.45. The molecular weight excluding hydrogens is 250 g/mol. The van der Waals surface area contributed by atoms with Crippen LogP contribution < -0.4 is 3.71 Å². The maximum atomic E-state index is 11.4. The molecule has 1 N–H and O–H groups in total. The van der Waals surface area contributed by atoms with Gasteiger partial charge in [0.2, 0.25) is 0 Å². The predicted octanol–water partition coefficient (Wildman–Crippen LogP) is 0.778. The molecule has 0 bridgehead atoms. The maximum Gasteiger partial charge on any atom is 0.338 e. The summed E-state index contributed by atoms with van der Waals surface area (Å²) in [6.07, 6.45) is 2.69. The zero-order valence-corrected chi connectivity index (χ0v) is 10.4. The number of benzene rings is 1. The van der Waals surface area contributed by atoms with E-state index in [4.69, 9.17) is 5.11 Å². The molecule has 88 valence electrons. The van der Waals surface area contributed by atoms with E-state index >= 15 is 0 Å². The van der Waals surface area contributed by atoms with Gasteiger partial charge in [-0.3, -0.25) is 0 Å². The van der Waals surface area contributed by atoms with Crippen LogP contribution >= 0.6 is 0 Å². The Morgan fingerprint density at radius 2 is 1.75 bits per heavy atom. The summed E-state index contributed by atoms with van der Waals surface area (Å²) < 4.78 is 23.9. The number of carboxylic acid groups (broad SMARTS) is 1. The van der Waals surface area contributed by atoms with Gasteiger partial charge in [-0.15, -0.1) is 0 Å². The lowest BCUT2D eigenvalue weighted by Gasteiger charge is -2.22. The van der Waals surface area contributed by atoms with Crippen LogP contribution in [0.2, 0.25) is 0 Å². The van der Waals surface area contributed by atoms with E-state index in [-0.39, 0.29) is 11.3 Å². The minimum atomic E-state index is -1.54. The summed E-state index contributed by atoms with van der Waals surface area (Å²) >= 11 is -3.08.